The number of carboxylic acid groups (broad SMARTS) is 1. The Kier molecular flexibility index (Phi) is 4.07. The molecule has 3 rings (SSSR count). The van der Waals surface area contributed by atoms with E-state index in [4.69, 9.17) is 11.6 Å². The second-order valence-electron chi connectivity index (χ2n) is 5.64. The lowest BCUT2D eigenvalue weighted by Crippen LogP contribution is -2.48. The van der Waals surface area contributed by atoms with E-state index in [-0.39, 0.29) is 12.3 Å². The van der Waals surface area contributed by atoms with Gasteiger partial charge in [0.25, 0.3) is 0 Å². The molecule has 6 heteroatoms. The summed E-state index contributed by atoms with van der Waals surface area (Å²) in [5.74, 6) is -1.07. The van der Waals surface area contributed by atoms with Gasteiger partial charge in [0.1, 0.15) is 6.04 Å². The summed E-state index contributed by atoms with van der Waals surface area (Å²) in [4.78, 5) is 28.4. The summed E-state index contributed by atoms with van der Waals surface area (Å²) in [6, 6.07) is 6.69. The molecular formula is C16H17ClN2O3. The third kappa shape index (κ3) is 2.95. The van der Waals surface area contributed by atoms with Crippen LogP contribution in [0.25, 0.3) is 10.9 Å². The zero-order chi connectivity index (χ0) is 15.7. The van der Waals surface area contributed by atoms with Gasteiger partial charge in [0, 0.05) is 28.2 Å². The third-order valence-electron chi connectivity index (χ3n) is 4.09. The lowest BCUT2D eigenvalue weighted by molar-refractivity contribution is -0.151. The average molecular weight is 321 g/mol. The topological polar surface area (TPSA) is 73.4 Å². The van der Waals surface area contributed by atoms with E-state index >= 15 is 0 Å². The number of aromatic amines is 1. The fraction of sp³-hybridized carbons (Fsp3) is 0.375. The van der Waals surface area contributed by atoms with Gasteiger partial charge in [0.05, 0.1) is 6.42 Å². The van der Waals surface area contributed by atoms with Crippen molar-refractivity contribution in [2.75, 3.05) is 6.54 Å². The fourth-order valence-corrected chi connectivity index (χ4v) is 3.19. The molecule has 0 spiro atoms. The monoisotopic (exact) mass is 320 g/mol. The van der Waals surface area contributed by atoms with Gasteiger partial charge in [-0.2, -0.15) is 0 Å². The largest absolute Gasteiger partial charge is 0.480 e. The molecule has 2 heterocycles. The predicted molar refractivity (Wildman–Crippen MR) is 84.0 cm³/mol. The van der Waals surface area contributed by atoms with Gasteiger partial charge >= 0.3 is 5.97 Å². The van der Waals surface area contributed by atoms with Crippen LogP contribution in [0.1, 0.15) is 25.0 Å². The van der Waals surface area contributed by atoms with E-state index in [1.165, 1.54) is 4.90 Å². The molecule has 2 aromatic rings. The first-order valence-electron chi connectivity index (χ1n) is 7.34. The van der Waals surface area contributed by atoms with Gasteiger partial charge in [-0.3, -0.25) is 4.79 Å². The number of likely N-dealkylation sites (tertiary alicyclic amines) is 1. The molecule has 1 aromatic carbocycles. The molecule has 0 radical (unpaired) electrons. The molecular weight excluding hydrogens is 304 g/mol. The summed E-state index contributed by atoms with van der Waals surface area (Å²) < 4.78 is 0. The number of rotatable bonds is 3. The molecule has 5 nitrogen and oxygen atoms in total. The Balaban J connectivity index is 1.78. The molecule has 116 valence electrons. The SMILES string of the molecule is O=C(O)C1CCCCN1C(=O)Cc1cc2cc(Cl)ccc2[nH]1. The number of carbonyl (C=O) groups is 2. The van der Waals surface area contributed by atoms with Crippen molar-refractivity contribution in [3.63, 3.8) is 0 Å². The Morgan fingerprint density at radius 3 is 2.91 bits per heavy atom. The zero-order valence-corrected chi connectivity index (χ0v) is 12.8. The number of hydrogen-bond donors (Lipinski definition) is 2. The zero-order valence-electron chi connectivity index (χ0n) is 12.0. The number of hydrogen-bond acceptors (Lipinski definition) is 2. The molecule has 22 heavy (non-hydrogen) atoms. The van der Waals surface area contributed by atoms with Gasteiger partial charge in [0.15, 0.2) is 0 Å². The summed E-state index contributed by atoms with van der Waals surface area (Å²) in [7, 11) is 0. The molecule has 1 aliphatic heterocycles. The van der Waals surface area contributed by atoms with Crippen LogP contribution in [0.5, 0.6) is 0 Å². The maximum absolute atomic E-state index is 12.4. The van der Waals surface area contributed by atoms with E-state index in [2.05, 4.69) is 4.98 Å². The Hall–Kier alpha value is -2.01. The van der Waals surface area contributed by atoms with Gasteiger partial charge in [-0.25, -0.2) is 4.79 Å². The first-order valence-corrected chi connectivity index (χ1v) is 7.72. The Bertz CT molecular complexity index is 725. The van der Waals surface area contributed by atoms with Crippen molar-refractivity contribution in [1.29, 1.82) is 0 Å². The van der Waals surface area contributed by atoms with Crippen LogP contribution >= 0.6 is 11.6 Å². The maximum atomic E-state index is 12.4. The molecule has 0 aliphatic carbocycles. The first kappa shape index (κ1) is 14.9. The number of aromatic nitrogens is 1. The van der Waals surface area contributed by atoms with Crippen LogP contribution in [0.4, 0.5) is 0 Å². The average Bonchev–Trinajstić information content (AvgIpc) is 2.88. The molecule has 1 saturated heterocycles. The lowest BCUT2D eigenvalue weighted by atomic mass is 10.0. The highest BCUT2D eigenvalue weighted by Gasteiger charge is 2.31. The van der Waals surface area contributed by atoms with Crippen molar-refractivity contribution in [2.45, 2.75) is 31.7 Å². The predicted octanol–water partition coefficient (Wildman–Crippen LogP) is 2.83. The summed E-state index contributed by atoms with van der Waals surface area (Å²) >= 11 is 5.96. The second-order valence-corrected chi connectivity index (χ2v) is 6.08. The van der Waals surface area contributed by atoms with Gasteiger partial charge in [-0.15, -0.1) is 0 Å². The molecule has 1 fully saturated rings. The Labute approximate surface area is 132 Å². The van der Waals surface area contributed by atoms with Crippen molar-refractivity contribution in [3.05, 3.63) is 35.0 Å². The molecule has 0 bridgehead atoms. The third-order valence-corrected chi connectivity index (χ3v) is 4.32. The van der Waals surface area contributed by atoms with Crippen LogP contribution in [0.3, 0.4) is 0 Å². The minimum Gasteiger partial charge on any atom is -0.480 e. The molecule has 1 aliphatic rings. The van der Waals surface area contributed by atoms with Crippen molar-refractivity contribution < 1.29 is 14.7 Å². The molecule has 2 N–H and O–H groups in total. The highest BCUT2D eigenvalue weighted by Crippen LogP contribution is 2.22. The van der Waals surface area contributed by atoms with Gasteiger partial charge < -0.3 is 15.0 Å². The number of benzene rings is 1. The van der Waals surface area contributed by atoms with Gasteiger partial charge in [-0.05, 0) is 43.5 Å². The quantitative estimate of drug-likeness (QED) is 0.913. The van der Waals surface area contributed by atoms with Crippen molar-refractivity contribution >= 4 is 34.4 Å². The van der Waals surface area contributed by atoms with Crippen LogP contribution in [0.2, 0.25) is 5.02 Å². The minimum absolute atomic E-state index is 0.148. The number of piperidine rings is 1. The van der Waals surface area contributed by atoms with E-state index in [0.29, 0.717) is 18.0 Å². The fourth-order valence-electron chi connectivity index (χ4n) is 3.01. The van der Waals surface area contributed by atoms with Crippen LogP contribution in [0.15, 0.2) is 24.3 Å². The van der Waals surface area contributed by atoms with Crippen LogP contribution in [-0.4, -0.2) is 39.5 Å². The van der Waals surface area contributed by atoms with Crippen molar-refractivity contribution in [3.8, 4) is 0 Å². The summed E-state index contributed by atoms with van der Waals surface area (Å²) in [5.41, 5.74) is 1.69. The van der Waals surface area contributed by atoms with Crippen molar-refractivity contribution in [2.24, 2.45) is 0 Å². The number of nitrogens with zero attached hydrogens (tertiary/aromatic N) is 1. The summed E-state index contributed by atoms with van der Waals surface area (Å²) in [5, 5.41) is 10.8. The summed E-state index contributed by atoms with van der Waals surface area (Å²) in [6.07, 6.45) is 2.42. The molecule has 1 atom stereocenters. The van der Waals surface area contributed by atoms with E-state index in [9.17, 15) is 14.7 Å². The number of nitrogens with one attached hydrogen (secondary N) is 1. The number of carboxylic acids is 1. The highest BCUT2D eigenvalue weighted by molar-refractivity contribution is 6.31. The highest BCUT2D eigenvalue weighted by atomic mass is 35.5. The van der Waals surface area contributed by atoms with E-state index in [1.54, 1.807) is 6.07 Å². The van der Waals surface area contributed by atoms with Crippen LogP contribution in [0, 0.1) is 0 Å². The number of amides is 1. The van der Waals surface area contributed by atoms with E-state index in [0.717, 1.165) is 29.4 Å². The number of halogens is 1. The smallest absolute Gasteiger partial charge is 0.326 e. The molecule has 0 saturated carbocycles. The van der Waals surface area contributed by atoms with Crippen LogP contribution in [-0.2, 0) is 16.0 Å². The molecule has 1 unspecified atom stereocenters. The minimum atomic E-state index is -0.920. The van der Waals surface area contributed by atoms with Gasteiger partial charge in [0.2, 0.25) is 5.91 Å². The molecule has 1 aromatic heterocycles. The van der Waals surface area contributed by atoms with E-state index in [1.807, 2.05) is 18.2 Å². The van der Waals surface area contributed by atoms with Crippen LogP contribution < -0.4 is 0 Å². The number of fused-ring (bicyclic) bond motifs is 1. The van der Waals surface area contributed by atoms with Gasteiger partial charge in [-0.1, -0.05) is 11.6 Å². The maximum Gasteiger partial charge on any atom is 0.326 e. The lowest BCUT2D eigenvalue weighted by Gasteiger charge is -2.32. The number of H-pyrrole nitrogens is 1. The van der Waals surface area contributed by atoms with E-state index < -0.39 is 12.0 Å². The standard InChI is InChI=1S/C16H17ClN2O3/c17-11-4-5-13-10(7-11)8-12(18-13)9-15(20)19-6-2-1-3-14(19)16(21)22/h4-5,7-8,14,18H,1-3,6,9H2,(H,21,22). The van der Waals surface area contributed by atoms with Crippen molar-refractivity contribution in [1.82, 2.24) is 9.88 Å². The second kappa shape index (κ2) is 6.01. The first-order chi connectivity index (χ1) is 10.5. The molecule has 1 amide bonds. The Morgan fingerprint density at radius 1 is 1.32 bits per heavy atom. The number of aliphatic carboxylic acids is 1. The normalized spacial score (nSPS) is 18.6. The number of carbonyl (C=O) groups excluding carboxylic acids is 1. The Morgan fingerprint density at radius 2 is 2.14 bits per heavy atom. The summed E-state index contributed by atoms with van der Waals surface area (Å²) in [6.45, 7) is 0.516.